The third kappa shape index (κ3) is 4.59. The number of carbonyl (C=O) groups excluding carboxylic acids is 2. The van der Waals surface area contributed by atoms with E-state index in [0.29, 0.717) is 13.0 Å². The van der Waals surface area contributed by atoms with Crippen LogP contribution in [0, 0.1) is 24.6 Å². The number of urea groups is 1. The van der Waals surface area contributed by atoms with Gasteiger partial charge in [-0.25, -0.2) is 9.18 Å². The van der Waals surface area contributed by atoms with Crippen molar-refractivity contribution in [1.82, 2.24) is 15.1 Å². The topological polar surface area (TPSA) is 52.7 Å². The number of piperidine rings is 1. The molecule has 2 fully saturated rings. The summed E-state index contributed by atoms with van der Waals surface area (Å²) in [6, 6.07) is 8.21. The molecule has 2 saturated heterocycles. The lowest BCUT2D eigenvalue weighted by molar-refractivity contribution is -0.134. The largest absolute Gasteiger partial charge is 0.325 e. The number of nitrogens with zero attached hydrogens (tertiary/aromatic N) is 2. The number of benzene rings is 1. The maximum atomic E-state index is 13.9. The summed E-state index contributed by atoms with van der Waals surface area (Å²) < 4.78 is 13.9. The van der Waals surface area contributed by atoms with Gasteiger partial charge in [-0.15, -0.1) is 11.3 Å². The Morgan fingerprint density at radius 1 is 1.22 bits per heavy atom. The number of nitrogens with one attached hydrogen (secondary N) is 1. The number of rotatable bonds is 7. The first-order valence-corrected chi connectivity index (χ1v) is 12.3. The summed E-state index contributed by atoms with van der Waals surface area (Å²) in [7, 11) is 0. The number of aryl methyl sites for hydroxylation is 1. The van der Waals surface area contributed by atoms with Gasteiger partial charge in [-0.3, -0.25) is 14.6 Å². The standard InChI is InChI=1S/C25H32FN3O2S/c1-17(2)15-29-23(30)25(27-24(29)31,14-19-5-4-6-21(26)13-19)20-7-10-28(11-8-20)16-22-18(3)9-12-32-22/h4-6,9,12-13,17,20H,7-8,10-11,14-16H2,1-3H3,(H,27,31). The number of hydrogen-bond acceptors (Lipinski definition) is 4. The molecule has 3 heterocycles. The molecule has 1 aromatic carbocycles. The molecule has 1 N–H and O–H groups in total. The van der Waals surface area contributed by atoms with Gasteiger partial charge in [-0.05, 0) is 79.4 Å². The van der Waals surface area contributed by atoms with Crippen molar-refractivity contribution in [2.45, 2.75) is 52.1 Å². The zero-order valence-corrected chi connectivity index (χ0v) is 19.9. The van der Waals surface area contributed by atoms with E-state index in [4.69, 9.17) is 0 Å². The molecule has 2 aliphatic heterocycles. The van der Waals surface area contributed by atoms with E-state index in [9.17, 15) is 14.0 Å². The molecular weight excluding hydrogens is 425 g/mol. The van der Waals surface area contributed by atoms with Crippen LogP contribution < -0.4 is 5.32 Å². The lowest BCUT2D eigenvalue weighted by atomic mass is 9.74. The third-order valence-electron chi connectivity index (χ3n) is 6.74. The summed E-state index contributed by atoms with van der Waals surface area (Å²) >= 11 is 1.78. The van der Waals surface area contributed by atoms with Crippen LogP contribution >= 0.6 is 11.3 Å². The predicted molar refractivity (Wildman–Crippen MR) is 125 cm³/mol. The van der Waals surface area contributed by atoms with E-state index >= 15 is 0 Å². The Hall–Kier alpha value is -2.25. The summed E-state index contributed by atoms with van der Waals surface area (Å²) in [5, 5.41) is 5.20. The van der Waals surface area contributed by atoms with Crippen molar-refractivity contribution in [3.05, 3.63) is 57.5 Å². The average Bonchev–Trinajstić information content (AvgIpc) is 3.25. The number of thiophene rings is 1. The molecule has 2 aromatic rings. The zero-order valence-electron chi connectivity index (χ0n) is 19.1. The summed E-state index contributed by atoms with van der Waals surface area (Å²) in [4.78, 5) is 31.7. The van der Waals surface area contributed by atoms with E-state index in [1.807, 2.05) is 19.9 Å². The van der Waals surface area contributed by atoms with Crippen LogP contribution in [0.3, 0.4) is 0 Å². The van der Waals surface area contributed by atoms with Gasteiger partial charge >= 0.3 is 6.03 Å². The minimum absolute atomic E-state index is 0.0139. The molecule has 5 nitrogen and oxygen atoms in total. The SMILES string of the molecule is Cc1ccsc1CN1CCC(C2(Cc3cccc(F)c3)NC(=O)N(CC(C)C)C2=O)CC1. The molecule has 32 heavy (non-hydrogen) atoms. The molecule has 0 radical (unpaired) electrons. The molecule has 0 aliphatic carbocycles. The molecule has 1 aromatic heterocycles. The second-order valence-corrected chi connectivity index (χ2v) is 10.6. The number of amides is 3. The highest BCUT2D eigenvalue weighted by Crippen LogP contribution is 2.37. The van der Waals surface area contributed by atoms with Crippen LogP contribution in [-0.2, 0) is 17.8 Å². The maximum Gasteiger partial charge on any atom is 0.325 e. The smallest absolute Gasteiger partial charge is 0.322 e. The number of imide groups is 1. The lowest BCUT2D eigenvalue weighted by Crippen LogP contribution is -2.57. The van der Waals surface area contributed by atoms with Crippen LogP contribution in [0.15, 0.2) is 35.7 Å². The first-order valence-electron chi connectivity index (χ1n) is 11.4. The minimum atomic E-state index is -1.01. The van der Waals surface area contributed by atoms with Gasteiger partial charge in [0.15, 0.2) is 0 Å². The fourth-order valence-corrected chi connectivity index (χ4v) is 5.99. The fraction of sp³-hybridized carbons (Fsp3) is 0.520. The van der Waals surface area contributed by atoms with Crippen LogP contribution in [0.2, 0.25) is 0 Å². The lowest BCUT2D eigenvalue weighted by Gasteiger charge is -2.41. The van der Waals surface area contributed by atoms with E-state index < -0.39 is 5.54 Å². The molecular formula is C25H32FN3O2S. The monoisotopic (exact) mass is 457 g/mol. The van der Waals surface area contributed by atoms with Gasteiger partial charge < -0.3 is 5.32 Å². The maximum absolute atomic E-state index is 13.9. The van der Waals surface area contributed by atoms with E-state index in [0.717, 1.165) is 38.0 Å². The quantitative estimate of drug-likeness (QED) is 0.619. The van der Waals surface area contributed by atoms with Crippen LogP contribution in [0.25, 0.3) is 0 Å². The Kier molecular flexibility index (Phi) is 6.67. The van der Waals surface area contributed by atoms with Gasteiger partial charge in [0.25, 0.3) is 5.91 Å². The third-order valence-corrected chi connectivity index (χ3v) is 7.75. The Balaban J connectivity index is 1.55. The van der Waals surface area contributed by atoms with Gasteiger partial charge in [0.1, 0.15) is 11.4 Å². The molecule has 2 aliphatic rings. The molecule has 0 saturated carbocycles. The van der Waals surface area contributed by atoms with Crippen molar-refractivity contribution in [3.63, 3.8) is 0 Å². The van der Waals surface area contributed by atoms with Crippen molar-refractivity contribution in [1.29, 1.82) is 0 Å². The fourth-order valence-electron chi connectivity index (χ4n) is 5.04. The summed E-state index contributed by atoms with van der Waals surface area (Å²) in [6.45, 7) is 9.21. The van der Waals surface area contributed by atoms with Gasteiger partial charge in [-0.2, -0.15) is 0 Å². The highest BCUT2D eigenvalue weighted by molar-refractivity contribution is 7.10. The highest BCUT2D eigenvalue weighted by Gasteiger charge is 2.55. The first kappa shape index (κ1) is 22.9. The second-order valence-electron chi connectivity index (χ2n) is 9.60. The Bertz CT molecular complexity index is 983. The molecule has 7 heteroatoms. The first-order chi connectivity index (χ1) is 15.3. The number of hydrogen-bond donors (Lipinski definition) is 1. The molecule has 1 unspecified atom stereocenters. The van der Waals surface area contributed by atoms with Crippen molar-refractivity contribution < 1.29 is 14.0 Å². The number of halogens is 1. The summed E-state index contributed by atoms with van der Waals surface area (Å²) in [5.41, 5.74) is 1.05. The zero-order chi connectivity index (χ0) is 22.9. The number of likely N-dealkylation sites (tertiary alicyclic amines) is 1. The summed E-state index contributed by atoms with van der Waals surface area (Å²) in [5.74, 6) is -0.284. The van der Waals surface area contributed by atoms with Gasteiger partial charge in [0, 0.05) is 24.4 Å². The molecule has 172 valence electrons. The van der Waals surface area contributed by atoms with Crippen molar-refractivity contribution in [2.24, 2.45) is 11.8 Å². The average molecular weight is 458 g/mol. The Labute approximate surface area is 193 Å². The number of carbonyl (C=O) groups is 2. The minimum Gasteiger partial charge on any atom is -0.322 e. The highest BCUT2D eigenvalue weighted by atomic mass is 32.1. The van der Waals surface area contributed by atoms with Gasteiger partial charge in [-0.1, -0.05) is 26.0 Å². The molecule has 4 rings (SSSR count). The van der Waals surface area contributed by atoms with Gasteiger partial charge in [0.2, 0.25) is 0 Å². The van der Waals surface area contributed by atoms with E-state index in [1.165, 1.54) is 27.5 Å². The predicted octanol–water partition coefficient (Wildman–Crippen LogP) is 4.60. The van der Waals surface area contributed by atoms with Crippen LogP contribution in [0.1, 0.15) is 42.7 Å². The van der Waals surface area contributed by atoms with E-state index in [-0.39, 0.29) is 29.6 Å². The van der Waals surface area contributed by atoms with E-state index in [2.05, 4.69) is 28.6 Å². The van der Waals surface area contributed by atoms with Crippen molar-refractivity contribution in [3.8, 4) is 0 Å². The molecule has 1 atom stereocenters. The van der Waals surface area contributed by atoms with E-state index in [1.54, 1.807) is 17.4 Å². The van der Waals surface area contributed by atoms with Crippen molar-refractivity contribution >= 4 is 23.3 Å². The Morgan fingerprint density at radius 2 is 1.97 bits per heavy atom. The molecule has 3 amide bonds. The van der Waals surface area contributed by atoms with Crippen LogP contribution in [-0.4, -0.2) is 46.9 Å². The second kappa shape index (κ2) is 9.32. The van der Waals surface area contributed by atoms with Crippen LogP contribution in [0.4, 0.5) is 9.18 Å². The molecule has 0 bridgehead atoms. The molecule has 0 spiro atoms. The Morgan fingerprint density at radius 3 is 2.59 bits per heavy atom. The summed E-state index contributed by atoms with van der Waals surface area (Å²) in [6.07, 6.45) is 1.96. The van der Waals surface area contributed by atoms with Gasteiger partial charge in [0.05, 0.1) is 0 Å². The normalized spacial score (nSPS) is 22.7. The van der Waals surface area contributed by atoms with Crippen molar-refractivity contribution in [2.75, 3.05) is 19.6 Å². The van der Waals surface area contributed by atoms with Crippen LogP contribution in [0.5, 0.6) is 0 Å².